The van der Waals surface area contributed by atoms with Gasteiger partial charge in [-0.3, -0.25) is 4.99 Å². The number of nitrogens with two attached hydrogens (primary N) is 2. The van der Waals surface area contributed by atoms with E-state index < -0.39 is 0 Å². The molecule has 0 atom stereocenters. The van der Waals surface area contributed by atoms with Crippen molar-refractivity contribution in [2.24, 2.45) is 21.5 Å². The molecule has 4 N–H and O–H groups in total. The van der Waals surface area contributed by atoms with Crippen molar-refractivity contribution in [2.75, 3.05) is 13.6 Å². The summed E-state index contributed by atoms with van der Waals surface area (Å²) >= 11 is 0. The van der Waals surface area contributed by atoms with Crippen LogP contribution in [0.4, 0.5) is 0 Å². The molecule has 1 fully saturated rings. The summed E-state index contributed by atoms with van der Waals surface area (Å²) in [5.74, 6) is 0.810. The molecule has 0 amide bonds. The first-order valence-corrected chi connectivity index (χ1v) is 9.02. The van der Waals surface area contributed by atoms with Crippen LogP contribution < -0.4 is 11.5 Å². The maximum absolute atomic E-state index is 6.05. The van der Waals surface area contributed by atoms with Crippen molar-refractivity contribution in [3.8, 4) is 0 Å². The molecular weight excluding hydrogens is 274 g/mol. The number of guanidine groups is 2. The Bertz CT molecular complexity index is 345. The molecular formula is C17H35N5. The Morgan fingerprint density at radius 1 is 1.00 bits per heavy atom. The number of hydrogen-bond donors (Lipinski definition) is 2. The number of rotatable bonds is 8. The fourth-order valence-electron chi connectivity index (χ4n) is 2.97. The smallest absolute Gasteiger partial charge is 0.218 e. The Morgan fingerprint density at radius 3 is 2.32 bits per heavy atom. The molecule has 0 heterocycles. The molecule has 1 aliphatic rings. The molecule has 0 aromatic heterocycles. The van der Waals surface area contributed by atoms with E-state index in [1.807, 2.05) is 7.05 Å². The molecule has 0 unspecified atom stereocenters. The van der Waals surface area contributed by atoms with Gasteiger partial charge in [0, 0.05) is 19.6 Å². The van der Waals surface area contributed by atoms with E-state index in [0.29, 0.717) is 18.0 Å². The van der Waals surface area contributed by atoms with Gasteiger partial charge in [0.25, 0.3) is 0 Å². The minimum Gasteiger partial charge on any atom is -0.369 e. The van der Waals surface area contributed by atoms with Crippen LogP contribution in [-0.2, 0) is 0 Å². The first kappa shape index (κ1) is 18.8. The molecule has 0 radical (unpaired) electrons. The highest BCUT2D eigenvalue weighted by Gasteiger charge is 2.19. The summed E-state index contributed by atoms with van der Waals surface area (Å²) in [4.78, 5) is 10.6. The van der Waals surface area contributed by atoms with Gasteiger partial charge in [-0.2, -0.15) is 4.99 Å². The predicted octanol–water partition coefficient (Wildman–Crippen LogP) is 3.24. The van der Waals surface area contributed by atoms with Crippen LogP contribution in [0.1, 0.15) is 77.6 Å². The Kier molecular flexibility index (Phi) is 9.67. The minimum absolute atomic E-state index is 0.314. The number of aliphatic imine (C=N–C) groups is 2. The van der Waals surface area contributed by atoms with E-state index in [-0.39, 0.29) is 0 Å². The van der Waals surface area contributed by atoms with Crippen molar-refractivity contribution in [3.05, 3.63) is 0 Å². The zero-order valence-electron chi connectivity index (χ0n) is 14.6. The Hall–Kier alpha value is -1.26. The van der Waals surface area contributed by atoms with E-state index in [0.717, 1.165) is 13.0 Å². The van der Waals surface area contributed by atoms with Gasteiger partial charge >= 0.3 is 0 Å². The van der Waals surface area contributed by atoms with Crippen molar-refractivity contribution < 1.29 is 0 Å². The van der Waals surface area contributed by atoms with Crippen molar-refractivity contribution in [1.82, 2.24) is 4.90 Å². The molecule has 0 bridgehead atoms. The van der Waals surface area contributed by atoms with Gasteiger partial charge in [-0.25, -0.2) is 0 Å². The first-order valence-electron chi connectivity index (χ1n) is 9.02. The van der Waals surface area contributed by atoms with Crippen LogP contribution >= 0.6 is 0 Å². The number of nitrogens with zero attached hydrogens (tertiary/aromatic N) is 3. The van der Waals surface area contributed by atoms with Crippen LogP contribution in [0.2, 0.25) is 0 Å². The Balaban J connectivity index is 2.27. The van der Waals surface area contributed by atoms with Crippen LogP contribution in [0.3, 0.4) is 0 Å². The second-order valence-corrected chi connectivity index (χ2v) is 6.38. The van der Waals surface area contributed by atoms with Gasteiger partial charge in [0.05, 0.1) is 0 Å². The van der Waals surface area contributed by atoms with Crippen LogP contribution in [-0.4, -0.2) is 36.5 Å². The Morgan fingerprint density at radius 2 is 1.64 bits per heavy atom. The van der Waals surface area contributed by atoms with Gasteiger partial charge in [-0.05, 0) is 19.3 Å². The molecule has 128 valence electrons. The molecule has 22 heavy (non-hydrogen) atoms. The van der Waals surface area contributed by atoms with E-state index in [2.05, 4.69) is 21.8 Å². The third-order valence-electron chi connectivity index (χ3n) is 4.50. The maximum Gasteiger partial charge on any atom is 0.218 e. The molecule has 1 saturated carbocycles. The molecule has 5 nitrogen and oxygen atoms in total. The molecule has 0 aromatic rings. The van der Waals surface area contributed by atoms with Crippen LogP contribution in [0.5, 0.6) is 0 Å². The van der Waals surface area contributed by atoms with E-state index in [1.54, 1.807) is 0 Å². The minimum atomic E-state index is 0.314. The van der Waals surface area contributed by atoms with Crippen molar-refractivity contribution in [1.29, 1.82) is 0 Å². The quantitative estimate of drug-likeness (QED) is 0.410. The fraction of sp³-hybridized carbons (Fsp3) is 0.882. The zero-order chi connectivity index (χ0) is 16.2. The van der Waals surface area contributed by atoms with Gasteiger partial charge in [0.1, 0.15) is 0 Å². The normalized spacial score (nSPS) is 17.7. The van der Waals surface area contributed by atoms with E-state index in [1.165, 1.54) is 64.2 Å². The van der Waals surface area contributed by atoms with Gasteiger partial charge in [0.15, 0.2) is 5.96 Å². The zero-order valence-corrected chi connectivity index (χ0v) is 14.6. The second-order valence-electron chi connectivity index (χ2n) is 6.38. The fourth-order valence-corrected chi connectivity index (χ4v) is 2.97. The van der Waals surface area contributed by atoms with Crippen molar-refractivity contribution in [3.63, 3.8) is 0 Å². The number of hydrogen-bond acceptors (Lipinski definition) is 1. The van der Waals surface area contributed by atoms with Gasteiger partial charge in [0.2, 0.25) is 5.96 Å². The lowest BCUT2D eigenvalue weighted by atomic mass is 9.95. The Labute approximate surface area is 136 Å². The summed E-state index contributed by atoms with van der Waals surface area (Å²) < 4.78 is 0. The highest BCUT2D eigenvalue weighted by molar-refractivity contribution is 5.93. The molecule has 1 rings (SSSR count). The molecule has 0 aromatic carbocycles. The third kappa shape index (κ3) is 7.66. The standard InChI is InChI=1S/C17H35N5/c1-3-4-5-6-7-11-14-20-16(18)21-17(19)22(2)15-12-9-8-10-13-15/h15H,3-14H2,1-2H3,(H4,18,19,20,21). The average molecular weight is 310 g/mol. The monoisotopic (exact) mass is 309 g/mol. The third-order valence-corrected chi connectivity index (χ3v) is 4.50. The van der Waals surface area contributed by atoms with E-state index >= 15 is 0 Å². The summed E-state index contributed by atoms with van der Waals surface area (Å²) in [7, 11) is 2.01. The summed E-state index contributed by atoms with van der Waals surface area (Å²) in [6, 6.07) is 0.504. The molecule has 0 aliphatic heterocycles. The second kappa shape index (κ2) is 11.3. The SMILES string of the molecule is CCCCCCCCN=C(N)N=C(N)N(C)C1CCCCC1. The molecule has 0 spiro atoms. The topological polar surface area (TPSA) is 80.0 Å². The lowest BCUT2D eigenvalue weighted by molar-refractivity contribution is 0.276. The van der Waals surface area contributed by atoms with Crippen LogP contribution in [0.25, 0.3) is 0 Å². The summed E-state index contributed by atoms with van der Waals surface area (Å²) in [6.07, 6.45) is 13.8. The predicted molar refractivity (Wildman–Crippen MR) is 96.1 cm³/mol. The van der Waals surface area contributed by atoms with Crippen molar-refractivity contribution >= 4 is 11.9 Å². The largest absolute Gasteiger partial charge is 0.369 e. The van der Waals surface area contributed by atoms with Crippen LogP contribution in [0.15, 0.2) is 9.98 Å². The molecule has 0 saturated heterocycles. The van der Waals surface area contributed by atoms with E-state index in [9.17, 15) is 0 Å². The lowest BCUT2D eigenvalue weighted by Gasteiger charge is -2.31. The van der Waals surface area contributed by atoms with Gasteiger partial charge in [-0.1, -0.05) is 58.3 Å². The first-order chi connectivity index (χ1) is 10.6. The highest BCUT2D eigenvalue weighted by Crippen LogP contribution is 2.21. The van der Waals surface area contributed by atoms with Crippen molar-refractivity contribution in [2.45, 2.75) is 83.6 Å². The van der Waals surface area contributed by atoms with Crippen LogP contribution in [0, 0.1) is 0 Å². The van der Waals surface area contributed by atoms with Gasteiger partial charge < -0.3 is 16.4 Å². The molecule has 5 heteroatoms. The lowest BCUT2D eigenvalue weighted by Crippen LogP contribution is -2.43. The molecule has 1 aliphatic carbocycles. The highest BCUT2D eigenvalue weighted by atomic mass is 15.3. The van der Waals surface area contributed by atoms with Gasteiger partial charge in [-0.15, -0.1) is 0 Å². The number of unbranched alkanes of at least 4 members (excludes halogenated alkanes) is 5. The van der Waals surface area contributed by atoms with E-state index in [4.69, 9.17) is 11.5 Å². The summed E-state index contributed by atoms with van der Waals surface area (Å²) in [5, 5.41) is 0. The average Bonchev–Trinajstić information content (AvgIpc) is 2.54. The summed E-state index contributed by atoms with van der Waals surface area (Å²) in [5.41, 5.74) is 11.9. The summed E-state index contributed by atoms with van der Waals surface area (Å²) in [6.45, 7) is 2.99. The maximum atomic E-state index is 6.05.